The van der Waals surface area contributed by atoms with Crippen LogP contribution in [0, 0.1) is 0 Å². The van der Waals surface area contributed by atoms with E-state index in [0.29, 0.717) is 0 Å². The van der Waals surface area contributed by atoms with Gasteiger partial charge in [0.05, 0.1) is 15.9 Å². The molecule has 0 amide bonds. The van der Waals surface area contributed by atoms with Crippen molar-refractivity contribution >= 4 is 112 Å². The van der Waals surface area contributed by atoms with Crippen LogP contribution in [0.4, 0.5) is 17.1 Å². The fraction of sp³-hybridized carbons (Fsp3) is 0. The molecule has 0 N–H and O–H groups in total. The van der Waals surface area contributed by atoms with Crippen molar-refractivity contribution < 1.29 is 0 Å². The Morgan fingerprint density at radius 2 is 1.08 bits per heavy atom. The van der Waals surface area contributed by atoms with Crippen molar-refractivity contribution in [1.82, 2.24) is 4.98 Å². The van der Waals surface area contributed by atoms with Crippen LogP contribution in [0.3, 0.4) is 0 Å². The molecule has 0 aliphatic rings. The van der Waals surface area contributed by atoms with Crippen LogP contribution in [-0.4, -0.2) is 4.98 Å². The molecule has 11 rings (SSSR count). The van der Waals surface area contributed by atoms with E-state index in [1.54, 1.807) is 11.3 Å². The molecule has 0 spiro atoms. The van der Waals surface area contributed by atoms with Gasteiger partial charge < -0.3 is 4.90 Å². The van der Waals surface area contributed by atoms with E-state index >= 15 is 0 Å². The highest BCUT2D eigenvalue weighted by Crippen LogP contribution is 2.48. The molecule has 0 fully saturated rings. The SMILES string of the molecule is c1ccc(-c2nc3c(ccc4sc5cc(N(c6ccc(-c7cccc8ccccc78)cc6)c6cccc7sc8ccccc8c67)ccc5c43)s2)cc1. The van der Waals surface area contributed by atoms with E-state index in [1.165, 1.54) is 72.6 Å². The maximum atomic E-state index is 5.21. The quantitative estimate of drug-likeness (QED) is 0.176. The van der Waals surface area contributed by atoms with Crippen LogP contribution in [-0.2, 0) is 0 Å². The van der Waals surface area contributed by atoms with E-state index in [1.807, 2.05) is 22.7 Å². The van der Waals surface area contributed by atoms with Gasteiger partial charge in [0.25, 0.3) is 0 Å². The molecule has 5 heteroatoms. The molecule has 0 atom stereocenters. The number of aromatic nitrogens is 1. The summed E-state index contributed by atoms with van der Waals surface area (Å²) in [6, 6.07) is 61.9. The van der Waals surface area contributed by atoms with E-state index in [2.05, 4.69) is 175 Å². The van der Waals surface area contributed by atoms with Crippen molar-refractivity contribution in [2.45, 2.75) is 0 Å². The maximum Gasteiger partial charge on any atom is 0.124 e. The largest absolute Gasteiger partial charge is 0.310 e. The molecule has 11 aromatic rings. The van der Waals surface area contributed by atoms with E-state index in [9.17, 15) is 0 Å². The molecular formula is C47H28N2S3. The molecule has 8 aromatic carbocycles. The van der Waals surface area contributed by atoms with Gasteiger partial charge >= 0.3 is 0 Å². The normalized spacial score (nSPS) is 11.8. The topological polar surface area (TPSA) is 16.1 Å². The third-order valence-corrected chi connectivity index (χ3v) is 13.4. The summed E-state index contributed by atoms with van der Waals surface area (Å²) in [5.41, 5.74) is 8.16. The highest BCUT2D eigenvalue weighted by Gasteiger charge is 2.21. The Hall–Kier alpha value is -5.85. The second-order valence-corrected chi connectivity index (χ2v) is 16.3. The van der Waals surface area contributed by atoms with Crippen molar-refractivity contribution in [2.24, 2.45) is 0 Å². The van der Waals surface area contributed by atoms with E-state index < -0.39 is 0 Å². The third kappa shape index (κ3) is 4.71. The standard InChI is InChI=1S/C47H28N2S3/c1-2-11-31(12-3-1)47-48-46-42(52-47)27-26-41-45(46)37-25-24-33(28-43(37)51-41)49(38-17-9-19-40-44(38)36-15-6-7-18-39(36)50-40)32-22-20-30(21-23-32)35-16-8-13-29-10-4-5-14-34(29)35/h1-28H. The fourth-order valence-electron chi connectivity index (χ4n) is 7.72. The minimum atomic E-state index is 1.06. The van der Waals surface area contributed by atoms with Gasteiger partial charge in [-0.05, 0) is 76.5 Å². The van der Waals surface area contributed by atoms with Crippen LogP contribution in [0.25, 0.3) is 83.0 Å². The van der Waals surface area contributed by atoms with Gasteiger partial charge in [0.15, 0.2) is 0 Å². The molecule has 0 unspecified atom stereocenters. The molecule has 3 heterocycles. The second-order valence-electron chi connectivity index (χ2n) is 13.1. The summed E-state index contributed by atoms with van der Waals surface area (Å²) < 4.78 is 6.34. The van der Waals surface area contributed by atoms with Crippen molar-refractivity contribution in [3.63, 3.8) is 0 Å². The lowest BCUT2D eigenvalue weighted by molar-refractivity contribution is 1.31. The molecule has 0 aliphatic carbocycles. The fourth-order valence-corrected chi connectivity index (χ4v) is 11.0. The number of benzene rings is 8. The van der Waals surface area contributed by atoms with Crippen molar-refractivity contribution in [3.8, 4) is 21.7 Å². The van der Waals surface area contributed by atoms with Gasteiger partial charge in [0.2, 0.25) is 0 Å². The first-order valence-electron chi connectivity index (χ1n) is 17.4. The zero-order valence-electron chi connectivity index (χ0n) is 27.8. The number of hydrogen-bond acceptors (Lipinski definition) is 5. The van der Waals surface area contributed by atoms with Gasteiger partial charge in [-0.3, -0.25) is 0 Å². The highest BCUT2D eigenvalue weighted by molar-refractivity contribution is 7.27. The number of rotatable bonds is 5. The Bertz CT molecular complexity index is 3130. The van der Waals surface area contributed by atoms with Crippen molar-refractivity contribution in [1.29, 1.82) is 0 Å². The van der Waals surface area contributed by atoms with Crippen LogP contribution in [0.1, 0.15) is 0 Å². The predicted octanol–water partition coefficient (Wildman–Crippen LogP) is 15.0. The monoisotopic (exact) mass is 716 g/mol. The van der Waals surface area contributed by atoms with Crippen LogP contribution >= 0.6 is 34.0 Å². The molecule has 0 bridgehead atoms. The molecule has 0 radical (unpaired) electrons. The van der Waals surface area contributed by atoms with Gasteiger partial charge in [-0.1, -0.05) is 115 Å². The van der Waals surface area contributed by atoms with Crippen LogP contribution in [0.2, 0.25) is 0 Å². The lowest BCUT2D eigenvalue weighted by Crippen LogP contribution is -2.10. The lowest BCUT2D eigenvalue weighted by atomic mass is 9.98. The Morgan fingerprint density at radius 3 is 1.98 bits per heavy atom. The second kappa shape index (κ2) is 11.9. The average molecular weight is 717 g/mol. The summed E-state index contributed by atoms with van der Waals surface area (Å²) in [5, 5.41) is 8.67. The number of fused-ring (bicyclic) bond motifs is 9. The van der Waals surface area contributed by atoms with Gasteiger partial charge in [-0.25, -0.2) is 4.98 Å². The van der Waals surface area contributed by atoms with Gasteiger partial charge in [0.1, 0.15) is 5.01 Å². The summed E-state index contributed by atoms with van der Waals surface area (Å²) >= 11 is 5.48. The number of nitrogens with zero attached hydrogens (tertiary/aromatic N) is 2. The van der Waals surface area contributed by atoms with E-state index in [0.717, 1.165) is 27.5 Å². The first-order chi connectivity index (χ1) is 25.8. The van der Waals surface area contributed by atoms with Gasteiger partial charge in [0, 0.05) is 57.3 Å². The summed E-state index contributed by atoms with van der Waals surface area (Å²) in [7, 11) is 0. The maximum absolute atomic E-state index is 5.21. The molecule has 244 valence electrons. The summed E-state index contributed by atoms with van der Waals surface area (Å²) in [6.45, 7) is 0. The minimum Gasteiger partial charge on any atom is -0.310 e. The molecule has 3 aromatic heterocycles. The first-order valence-corrected chi connectivity index (χ1v) is 19.8. The van der Waals surface area contributed by atoms with Crippen molar-refractivity contribution in [3.05, 3.63) is 170 Å². The molecule has 0 saturated heterocycles. The zero-order valence-corrected chi connectivity index (χ0v) is 30.2. The first kappa shape index (κ1) is 29.8. The molecular weight excluding hydrogens is 689 g/mol. The van der Waals surface area contributed by atoms with Crippen LogP contribution in [0.15, 0.2) is 170 Å². The Balaban J connectivity index is 1.10. The van der Waals surface area contributed by atoms with Gasteiger partial charge in [-0.2, -0.15) is 0 Å². The van der Waals surface area contributed by atoms with Gasteiger partial charge in [-0.15, -0.1) is 34.0 Å². The van der Waals surface area contributed by atoms with Crippen LogP contribution in [0.5, 0.6) is 0 Å². The van der Waals surface area contributed by atoms with Crippen molar-refractivity contribution in [2.75, 3.05) is 4.90 Å². The molecule has 0 saturated carbocycles. The number of anilines is 3. The Morgan fingerprint density at radius 1 is 0.404 bits per heavy atom. The summed E-state index contributed by atoms with van der Waals surface area (Å²) in [5.74, 6) is 0. The average Bonchev–Trinajstić information content (AvgIpc) is 3.92. The summed E-state index contributed by atoms with van der Waals surface area (Å²) in [6.07, 6.45) is 0. The number of thiophene rings is 2. The predicted molar refractivity (Wildman–Crippen MR) is 228 cm³/mol. The molecule has 2 nitrogen and oxygen atoms in total. The van der Waals surface area contributed by atoms with E-state index in [-0.39, 0.29) is 0 Å². The minimum absolute atomic E-state index is 1.06. The lowest BCUT2D eigenvalue weighted by Gasteiger charge is -2.27. The highest BCUT2D eigenvalue weighted by atomic mass is 32.1. The smallest absolute Gasteiger partial charge is 0.124 e. The Kier molecular flexibility index (Phi) is 6.80. The Labute approximate surface area is 312 Å². The number of hydrogen-bond donors (Lipinski definition) is 0. The number of thiazole rings is 1. The zero-order chi connectivity index (χ0) is 34.2. The summed E-state index contributed by atoms with van der Waals surface area (Å²) in [4.78, 5) is 7.66. The van der Waals surface area contributed by atoms with Crippen LogP contribution < -0.4 is 4.90 Å². The molecule has 0 aliphatic heterocycles. The third-order valence-electron chi connectivity index (χ3n) is 10.1. The molecule has 52 heavy (non-hydrogen) atoms. The van der Waals surface area contributed by atoms with E-state index in [4.69, 9.17) is 4.98 Å².